The minimum absolute atomic E-state index is 0.0550. The van der Waals surface area contributed by atoms with Gasteiger partial charge in [0.2, 0.25) is 0 Å². The molecule has 4 aliphatic rings. The van der Waals surface area contributed by atoms with E-state index in [0.29, 0.717) is 37.2 Å². The number of ether oxygens (including phenoxy) is 1. The molecule has 1 saturated heterocycles. The number of piperazine rings is 1. The summed E-state index contributed by atoms with van der Waals surface area (Å²) in [5.74, 6) is -0.164. The predicted molar refractivity (Wildman–Crippen MR) is 194 cm³/mol. The molecule has 0 aromatic heterocycles. The van der Waals surface area contributed by atoms with Crippen LogP contribution in [-0.4, -0.2) is 72.5 Å². The van der Waals surface area contributed by atoms with E-state index < -0.39 is 23.0 Å². The summed E-state index contributed by atoms with van der Waals surface area (Å²) in [4.78, 5) is 44.5. The molecule has 8 atom stereocenters. The number of rotatable bonds is 8. The van der Waals surface area contributed by atoms with Gasteiger partial charge >= 0.3 is 5.97 Å². The van der Waals surface area contributed by atoms with E-state index in [2.05, 4.69) is 37.1 Å². The number of carbonyl (C=O) groups excluding carboxylic acids is 3. The van der Waals surface area contributed by atoms with Crippen molar-refractivity contribution < 1.29 is 24.2 Å². The molecule has 49 heavy (non-hydrogen) atoms. The number of allylic oxidation sites excluding steroid dienone is 1. The van der Waals surface area contributed by atoms with Crippen LogP contribution in [0.25, 0.3) is 6.08 Å². The zero-order chi connectivity index (χ0) is 35.1. The maximum Gasteiger partial charge on any atom is 0.320 e. The molecule has 2 aromatic carbocycles. The number of Topliss-reactive ketones (excluding diaryl/α,β-unsaturated/α-hetero) is 1. The zero-order valence-corrected chi connectivity index (χ0v) is 29.6. The van der Waals surface area contributed by atoms with Gasteiger partial charge in [0.25, 0.3) is 0 Å². The molecule has 0 unspecified atom stereocenters. The molecular formula is C41H53N3O5. The number of benzene rings is 2. The quantitative estimate of drug-likeness (QED) is 0.113. The lowest BCUT2D eigenvalue weighted by Crippen LogP contribution is -2.63. The van der Waals surface area contributed by atoms with Crippen molar-refractivity contribution in [2.75, 3.05) is 43.4 Å². The molecule has 2 bridgehead atoms. The summed E-state index contributed by atoms with van der Waals surface area (Å²) in [5.41, 5.74) is 7.55. The first-order valence-electron chi connectivity index (χ1n) is 18.0. The normalized spacial score (nSPS) is 35.0. The minimum Gasteiger partial charge on any atom is -0.461 e. The van der Waals surface area contributed by atoms with Gasteiger partial charge in [-0.1, -0.05) is 52.0 Å². The highest BCUT2D eigenvalue weighted by Crippen LogP contribution is 2.68. The van der Waals surface area contributed by atoms with Crippen molar-refractivity contribution in [1.29, 1.82) is 0 Å². The molecule has 1 aliphatic heterocycles. The minimum atomic E-state index is -0.677. The van der Waals surface area contributed by atoms with E-state index in [9.17, 15) is 19.5 Å². The van der Waals surface area contributed by atoms with Gasteiger partial charge in [0, 0.05) is 66.3 Å². The highest BCUT2D eigenvalue weighted by Gasteiger charge is 2.68. The fourth-order valence-electron chi connectivity index (χ4n) is 9.76. The number of hydrogen-bond donors (Lipinski definition) is 2. The topological polar surface area (TPSA) is 113 Å². The maximum atomic E-state index is 13.7. The Bertz CT molecular complexity index is 1600. The van der Waals surface area contributed by atoms with E-state index in [-0.39, 0.29) is 47.2 Å². The maximum absolute atomic E-state index is 13.7. The molecule has 0 radical (unpaired) electrons. The number of esters is 1. The second-order valence-electron chi connectivity index (χ2n) is 15.7. The van der Waals surface area contributed by atoms with Crippen LogP contribution in [0.2, 0.25) is 0 Å². The second kappa shape index (κ2) is 13.5. The molecule has 4 fully saturated rings. The third-order valence-corrected chi connectivity index (χ3v) is 13.2. The number of hydrogen-bond acceptors (Lipinski definition) is 8. The molecule has 3 N–H and O–H groups in total. The third-order valence-electron chi connectivity index (χ3n) is 13.2. The monoisotopic (exact) mass is 667 g/mol. The number of aliphatic hydroxyl groups is 1. The summed E-state index contributed by atoms with van der Waals surface area (Å²) in [6.07, 6.45) is 7.65. The van der Waals surface area contributed by atoms with Gasteiger partial charge in [-0.2, -0.15) is 0 Å². The standard InChI is InChI=1S/C41H53N3O5/c1-6-39(4)25-35(40(5)27(2)17-19-41(28(3)38(39)48)20-18-34(46)37(40)41)49-36(47)26-43-21-23-44(24-22-43)32-14-10-30(11-15-32)33(45)16-9-29-7-12-31(42)13-8-29/h6-16,27-28,35,37-38,48H,1,17-26,42H2,2-5H3/b16-9+/t27-,28+,35-,37+,38+,39-,40+,41+/m1/s1. The van der Waals surface area contributed by atoms with Crippen LogP contribution in [0, 0.1) is 34.0 Å². The summed E-state index contributed by atoms with van der Waals surface area (Å²) in [7, 11) is 0. The van der Waals surface area contributed by atoms with E-state index in [1.54, 1.807) is 12.2 Å². The van der Waals surface area contributed by atoms with Crippen LogP contribution in [-0.2, 0) is 14.3 Å². The molecule has 2 aromatic rings. The highest BCUT2D eigenvalue weighted by atomic mass is 16.5. The molecular weight excluding hydrogens is 614 g/mol. The number of carbonyl (C=O) groups is 3. The predicted octanol–water partition coefficient (Wildman–Crippen LogP) is 6.19. The van der Waals surface area contributed by atoms with E-state index in [4.69, 9.17) is 10.5 Å². The SMILES string of the molecule is C=C[C@]1(C)C[C@@H](OC(=O)CN2CCN(c3ccc(C(=O)/C=C/c4ccc(N)cc4)cc3)CC2)[C@]2(C)[C@H](C)CC[C@]3(CCC(=O)[C@H]32)[C@@H](C)[C@@H]1O. The van der Waals surface area contributed by atoms with E-state index >= 15 is 0 Å². The molecule has 6 rings (SSSR count). The van der Waals surface area contributed by atoms with Crippen molar-refractivity contribution in [2.45, 2.75) is 72.0 Å². The van der Waals surface area contributed by atoms with Crippen LogP contribution in [0.1, 0.15) is 75.7 Å². The number of ketones is 2. The zero-order valence-electron chi connectivity index (χ0n) is 29.6. The fourth-order valence-corrected chi connectivity index (χ4v) is 9.76. The summed E-state index contributed by atoms with van der Waals surface area (Å²) < 4.78 is 6.47. The molecule has 3 aliphatic carbocycles. The number of nitrogen functional groups attached to an aromatic ring is 1. The molecule has 8 nitrogen and oxygen atoms in total. The Morgan fingerprint density at radius 2 is 1.69 bits per heavy atom. The number of aliphatic hydroxyl groups excluding tert-OH is 1. The van der Waals surface area contributed by atoms with Gasteiger partial charge in [-0.25, -0.2) is 0 Å². The van der Waals surface area contributed by atoms with Gasteiger partial charge in [0.15, 0.2) is 5.78 Å². The number of nitrogens with two attached hydrogens (primary N) is 1. The summed E-state index contributed by atoms with van der Waals surface area (Å²) in [6.45, 7) is 15.7. The van der Waals surface area contributed by atoms with Gasteiger partial charge in [-0.3, -0.25) is 19.3 Å². The average Bonchev–Trinajstić information content (AvgIpc) is 3.46. The van der Waals surface area contributed by atoms with Crippen molar-refractivity contribution in [2.24, 2.45) is 34.0 Å². The first kappa shape index (κ1) is 35.1. The van der Waals surface area contributed by atoms with Gasteiger partial charge < -0.3 is 20.5 Å². The van der Waals surface area contributed by atoms with Gasteiger partial charge in [0.1, 0.15) is 11.9 Å². The Labute approximate surface area is 291 Å². The molecule has 3 saturated carbocycles. The molecule has 0 spiro atoms. The Balaban J connectivity index is 1.09. The van der Waals surface area contributed by atoms with Gasteiger partial charge in [-0.15, -0.1) is 6.58 Å². The average molecular weight is 668 g/mol. The number of nitrogens with zero attached hydrogens (tertiary/aromatic N) is 2. The van der Waals surface area contributed by atoms with Crippen LogP contribution in [0.5, 0.6) is 0 Å². The lowest BCUT2D eigenvalue weighted by atomic mass is 9.44. The Kier molecular flexibility index (Phi) is 9.68. The van der Waals surface area contributed by atoms with Crippen LogP contribution in [0.4, 0.5) is 11.4 Å². The van der Waals surface area contributed by atoms with Crippen molar-refractivity contribution >= 4 is 35.0 Å². The van der Waals surface area contributed by atoms with Crippen molar-refractivity contribution in [3.63, 3.8) is 0 Å². The van der Waals surface area contributed by atoms with Crippen LogP contribution >= 0.6 is 0 Å². The Morgan fingerprint density at radius 1 is 1.02 bits per heavy atom. The van der Waals surface area contributed by atoms with Crippen LogP contribution in [0.3, 0.4) is 0 Å². The third kappa shape index (κ3) is 6.38. The van der Waals surface area contributed by atoms with Crippen molar-refractivity contribution in [1.82, 2.24) is 4.90 Å². The Morgan fingerprint density at radius 3 is 2.35 bits per heavy atom. The first-order valence-corrected chi connectivity index (χ1v) is 18.0. The highest BCUT2D eigenvalue weighted by molar-refractivity contribution is 6.07. The van der Waals surface area contributed by atoms with Crippen LogP contribution in [0.15, 0.2) is 67.3 Å². The molecule has 8 heteroatoms. The summed E-state index contributed by atoms with van der Waals surface area (Å²) in [5, 5.41) is 11.8. The largest absolute Gasteiger partial charge is 0.461 e. The summed E-state index contributed by atoms with van der Waals surface area (Å²) >= 11 is 0. The second-order valence-corrected chi connectivity index (χ2v) is 15.7. The van der Waals surface area contributed by atoms with Crippen molar-refractivity contribution in [3.8, 4) is 0 Å². The smallest absolute Gasteiger partial charge is 0.320 e. The first-order chi connectivity index (χ1) is 23.3. The molecule has 1 heterocycles. The summed E-state index contributed by atoms with van der Waals surface area (Å²) in [6, 6.07) is 15.0. The fraction of sp³-hybridized carbons (Fsp3) is 0.537. The van der Waals surface area contributed by atoms with Crippen molar-refractivity contribution in [3.05, 3.63) is 78.4 Å². The van der Waals surface area contributed by atoms with E-state index in [1.807, 2.05) is 61.5 Å². The molecule has 0 amide bonds. The van der Waals surface area contributed by atoms with Gasteiger partial charge in [-0.05, 0) is 91.0 Å². The Hall–Kier alpha value is -3.75. The lowest BCUT2D eigenvalue weighted by molar-refractivity contribution is -0.207. The van der Waals surface area contributed by atoms with Crippen LogP contribution < -0.4 is 10.6 Å². The molecule has 262 valence electrons. The number of anilines is 2. The van der Waals surface area contributed by atoms with Gasteiger partial charge in [0.05, 0.1) is 12.6 Å². The van der Waals surface area contributed by atoms with E-state index in [1.165, 1.54) is 0 Å². The van der Waals surface area contributed by atoms with E-state index in [0.717, 1.165) is 43.6 Å². The lowest BCUT2D eigenvalue weighted by Gasteiger charge is -2.61.